The number of halogens is 2. The summed E-state index contributed by atoms with van der Waals surface area (Å²) in [4.78, 5) is 22.5. The molecule has 0 saturated heterocycles. The van der Waals surface area contributed by atoms with Gasteiger partial charge in [0.05, 0.1) is 18.9 Å². The number of hydrogen-bond acceptors (Lipinski definition) is 5. The van der Waals surface area contributed by atoms with E-state index in [2.05, 4.69) is 46.0 Å². The fourth-order valence-electron chi connectivity index (χ4n) is 2.68. The van der Waals surface area contributed by atoms with E-state index in [0.29, 0.717) is 6.54 Å². The monoisotopic (exact) mass is 487 g/mol. The Hall–Kier alpha value is -0.990. The number of aryl methyl sites for hydroxylation is 1. The first-order valence-corrected chi connectivity index (χ1v) is 11.0. The van der Waals surface area contributed by atoms with E-state index in [4.69, 9.17) is 4.98 Å². The molecule has 0 aliphatic rings. The van der Waals surface area contributed by atoms with Crippen LogP contribution in [-0.2, 0) is 6.42 Å². The molecule has 0 radical (unpaired) electrons. The van der Waals surface area contributed by atoms with Gasteiger partial charge >= 0.3 is 0 Å². The van der Waals surface area contributed by atoms with Gasteiger partial charge in [-0.15, -0.1) is 23.7 Å². The second kappa shape index (κ2) is 9.98. The first-order valence-electron chi connectivity index (χ1n) is 8.59. The van der Waals surface area contributed by atoms with Crippen molar-refractivity contribution >= 4 is 72.3 Å². The molecule has 0 atom stereocenters. The van der Waals surface area contributed by atoms with Crippen molar-refractivity contribution in [2.24, 2.45) is 0 Å². The molecule has 27 heavy (non-hydrogen) atoms. The van der Waals surface area contributed by atoms with Crippen molar-refractivity contribution in [1.29, 1.82) is 0 Å². The summed E-state index contributed by atoms with van der Waals surface area (Å²) >= 11 is 6.51. The Kier molecular flexibility index (Phi) is 8.24. The molecule has 1 amide bonds. The van der Waals surface area contributed by atoms with Crippen LogP contribution in [0.4, 0.5) is 5.13 Å². The van der Waals surface area contributed by atoms with Crippen molar-refractivity contribution in [1.82, 2.24) is 9.88 Å². The maximum Gasteiger partial charge on any atom is 0.270 e. The minimum atomic E-state index is 0. The zero-order valence-corrected chi connectivity index (χ0v) is 19.6. The first kappa shape index (κ1) is 22.3. The number of thiazole rings is 1. The molecule has 0 aliphatic heterocycles. The molecule has 0 N–H and O–H groups in total. The first-order chi connectivity index (χ1) is 12.5. The number of anilines is 1. The van der Waals surface area contributed by atoms with Gasteiger partial charge in [-0.2, -0.15) is 0 Å². The van der Waals surface area contributed by atoms with Crippen LogP contribution in [0, 0.1) is 0 Å². The normalized spacial score (nSPS) is 11.0. The quantitative estimate of drug-likeness (QED) is 0.428. The van der Waals surface area contributed by atoms with E-state index in [0.717, 1.165) is 43.4 Å². The summed E-state index contributed by atoms with van der Waals surface area (Å²) in [5.41, 5.74) is 2.25. The number of rotatable bonds is 7. The summed E-state index contributed by atoms with van der Waals surface area (Å²) in [6.07, 6.45) is 1.90. The molecule has 8 heteroatoms. The zero-order chi connectivity index (χ0) is 18.7. The molecule has 146 valence electrons. The molecule has 0 aliphatic carbocycles. The van der Waals surface area contributed by atoms with Crippen LogP contribution in [0.5, 0.6) is 0 Å². The van der Waals surface area contributed by atoms with E-state index in [9.17, 15) is 4.79 Å². The Morgan fingerprint density at radius 1 is 1.15 bits per heavy atom. The number of carbonyl (C=O) groups excluding carboxylic acids is 1. The maximum absolute atomic E-state index is 13.1. The number of aromatic nitrogens is 1. The van der Waals surface area contributed by atoms with Gasteiger partial charge in [-0.1, -0.05) is 24.3 Å². The highest BCUT2D eigenvalue weighted by atomic mass is 79.9. The fraction of sp³-hybridized carbons (Fsp3) is 0.368. The Morgan fingerprint density at radius 2 is 1.93 bits per heavy atom. The number of amides is 1. The summed E-state index contributed by atoms with van der Waals surface area (Å²) in [6.45, 7) is 3.74. The predicted molar refractivity (Wildman–Crippen MR) is 123 cm³/mol. The molecule has 2 heterocycles. The van der Waals surface area contributed by atoms with Crippen molar-refractivity contribution in [3.05, 3.63) is 44.6 Å². The largest absolute Gasteiger partial charge is 0.309 e. The molecule has 0 fully saturated rings. The summed E-state index contributed by atoms with van der Waals surface area (Å²) in [6, 6.07) is 10.1. The third-order valence-electron chi connectivity index (χ3n) is 4.10. The second-order valence-electron chi connectivity index (χ2n) is 6.37. The molecule has 2 aromatic heterocycles. The number of thiophene rings is 1. The van der Waals surface area contributed by atoms with Crippen molar-refractivity contribution in [2.45, 2.75) is 19.8 Å². The van der Waals surface area contributed by atoms with Gasteiger partial charge < -0.3 is 4.90 Å². The lowest BCUT2D eigenvalue weighted by Gasteiger charge is -2.20. The molecule has 1 aromatic carbocycles. The van der Waals surface area contributed by atoms with E-state index >= 15 is 0 Å². The van der Waals surface area contributed by atoms with Crippen LogP contribution in [0.15, 0.2) is 34.1 Å². The van der Waals surface area contributed by atoms with Crippen molar-refractivity contribution in [3.63, 3.8) is 0 Å². The number of nitrogens with zero attached hydrogens (tertiary/aromatic N) is 3. The highest BCUT2D eigenvalue weighted by molar-refractivity contribution is 9.11. The molecule has 3 aromatic rings. The van der Waals surface area contributed by atoms with Gasteiger partial charge in [0.1, 0.15) is 0 Å². The lowest BCUT2D eigenvalue weighted by Crippen LogP contribution is -2.32. The van der Waals surface area contributed by atoms with E-state index in [1.54, 1.807) is 11.3 Å². The highest BCUT2D eigenvalue weighted by Gasteiger charge is 2.22. The lowest BCUT2D eigenvalue weighted by molar-refractivity contribution is 0.0990. The van der Waals surface area contributed by atoms with Gasteiger partial charge in [-0.05, 0) is 79.2 Å². The standard InChI is InChI=1S/C19H22BrN3OS2.ClH/c1-4-13-6-7-14-16(12-13)26-19(21-14)23(11-5-10-22(2)3)18(24)15-8-9-17(20)25-15;/h6-9,12H,4-5,10-11H2,1-3H3;1H. The fourth-order valence-corrected chi connectivity index (χ4v) is 5.07. The van der Waals surface area contributed by atoms with Crippen LogP contribution in [0.3, 0.4) is 0 Å². The summed E-state index contributed by atoms with van der Waals surface area (Å²) in [7, 11) is 4.10. The van der Waals surface area contributed by atoms with Crippen LogP contribution in [0.2, 0.25) is 0 Å². The average molecular weight is 489 g/mol. The highest BCUT2D eigenvalue weighted by Crippen LogP contribution is 2.32. The van der Waals surface area contributed by atoms with Crippen LogP contribution in [0.1, 0.15) is 28.6 Å². The third kappa shape index (κ3) is 5.51. The van der Waals surface area contributed by atoms with Gasteiger partial charge in [0, 0.05) is 6.54 Å². The number of fused-ring (bicyclic) bond motifs is 1. The minimum Gasteiger partial charge on any atom is -0.309 e. The molecular formula is C19H23BrClN3OS2. The average Bonchev–Trinajstić information content (AvgIpc) is 3.23. The number of hydrogen-bond donors (Lipinski definition) is 0. The van der Waals surface area contributed by atoms with E-state index in [-0.39, 0.29) is 18.3 Å². The van der Waals surface area contributed by atoms with Gasteiger partial charge in [-0.3, -0.25) is 9.69 Å². The maximum atomic E-state index is 13.1. The number of carbonyl (C=O) groups is 1. The van der Waals surface area contributed by atoms with E-state index < -0.39 is 0 Å². The molecule has 0 saturated carbocycles. The summed E-state index contributed by atoms with van der Waals surface area (Å²) in [5.74, 6) is 0.0224. The van der Waals surface area contributed by atoms with Gasteiger partial charge in [-0.25, -0.2) is 4.98 Å². The van der Waals surface area contributed by atoms with Crippen molar-refractivity contribution in [2.75, 3.05) is 32.1 Å². The van der Waals surface area contributed by atoms with Crippen LogP contribution < -0.4 is 4.90 Å². The predicted octanol–water partition coefficient (Wildman–Crippen LogP) is 5.70. The van der Waals surface area contributed by atoms with E-state index in [1.807, 2.05) is 31.1 Å². The third-order valence-corrected chi connectivity index (χ3v) is 6.75. The Balaban J connectivity index is 0.00000261. The Bertz CT molecular complexity index is 909. The van der Waals surface area contributed by atoms with E-state index in [1.165, 1.54) is 16.9 Å². The molecule has 0 unspecified atom stereocenters. The molecular weight excluding hydrogens is 466 g/mol. The smallest absolute Gasteiger partial charge is 0.270 e. The molecule has 0 bridgehead atoms. The molecule has 0 spiro atoms. The van der Waals surface area contributed by atoms with Crippen molar-refractivity contribution < 1.29 is 4.79 Å². The van der Waals surface area contributed by atoms with Crippen LogP contribution >= 0.6 is 51.0 Å². The second-order valence-corrected chi connectivity index (χ2v) is 9.84. The number of benzene rings is 1. The molecule has 3 rings (SSSR count). The minimum absolute atomic E-state index is 0. The van der Waals surface area contributed by atoms with Gasteiger partial charge in [0.15, 0.2) is 5.13 Å². The van der Waals surface area contributed by atoms with Crippen molar-refractivity contribution in [3.8, 4) is 0 Å². The Morgan fingerprint density at radius 3 is 2.56 bits per heavy atom. The van der Waals surface area contributed by atoms with Crippen LogP contribution in [0.25, 0.3) is 10.2 Å². The summed E-state index contributed by atoms with van der Waals surface area (Å²) in [5, 5.41) is 0.779. The lowest BCUT2D eigenvalue weighted by atomic mass is 10.2. The van der Waals surface area contributed by atoms with Gasteiger partial charge in [0.2, 0.25) is 0 Å². The molecule has 4 nitrogen and oxygen atoms in total. The topological polar surface area (TPSA) is 36.4 Å². The Labute approximate surface area is 182 Å². The van der Waals surface area contributed by atoms with Gasteiger partial charge in [0.25, 0.3) is 5.91 Å². The van der Waals surface area contributed by atoms with Crippen LogP contribution in [-0.4, -0.2) is 43.0 Å². The summed E-state index contributed by atoms with van der Waals surface area (Å²) < 4.78 is 2.10. The zero-order valence-electron chi connectivity index (χ0n) is 15.6. The SMILES string of the molecule is CCc1ccc2nc(N(CCCN(C)C)C(=O)c3ccc(Br)s3)sc2c1.Cl.